The number of carbonyl (C=O) groups excluding carboxylic acids is 1. The minimum atomic E-state index is -0.130. The maximum absolute atomic E-state index is 11.5. The third-order valence-corrected chi connectivity index (χ3v) is 4.32. The average Bonchev–Trinajstić information content (AvgIpc) is 3.25. The fraction of sp³-hybridized carbons (Fsp3) is 0.235. The predicted octanol–water partition coefficient (Wildman–Crippen LogP) is 2.44. The van der Waals surface area contributed by atoms with E-state index in [2.05, 4.69) is 27.5 Å². The van der Waals surface area contributed by atoms with Crippen LogP contribution in [0.25, 0.3) is 21.8 Å². The molecule has 0 aliphatic rings. The maximum Gasteiger partial charge on any atom is 0.246 e. The molecule has 6 nitrogen and oxygen atoms in total. The summed E-state index contributed by atoms with van der Waals surface area (Å²) in [5.41, 5.74) is 2.87. The number of hydrogen-bond acceptors (Lipinski definition) is 5. The maximum atomic E-state index is 11.5. The lowest BCUT2D eigenvalue weighted by molar-refractivity contribution is -0.124. The Morgan fingerprint density at radius 1 is 1.38 bits per heavy atom. The first-order valence-electron chi connectivity index (χ1n) is 7.55. The standard InChI is InChI=1S/C17H18N4O2S/c1-23-12-17(22)19-7-8-21-15(16-5-3-9-24-16)10-14(20-21)13-4-2-6-18-11-13/h2-6,9-11H,7-8,12H2,1H3,(H,19,22). The molecule has 3 aromatic heterocycles. The molecule has 0 aromatic carbocycles. The van der Waals surface area contributed by atoms with Gasteiger partial charge in [0.1, 0.15) is 6.61 Å². The van der Waals surface area contributed by atoms with Gasteiger partial charge in [0.15, 0.2) is 0 Å². The van der Waals surface area contributed by atoms with E-state index in [0.717, 1.165) is 21.8 Å². The topological polar surface area (TPSA) is 69.0 Å². The van der Waals surface area contributed by atoms with Crippen molar-refractivity contribution in [2.75, 3.05) is 20.3 Å². The van der Waals surface area contributed by atoms with Crippen molar-refractivity contribution in [2.24, 2.45) is 0 Å². The van der Waals surface area contributed by atoms with Gasteiger partial charge in [0, 0.05) is 31.6 Å². The van der Waals surface area contributed by atoms with E-state index in [0.29, 0.717) is 13.1 Å². The molecule has 24 heavy (non-hydrogen) atoms. The molecule has 0 spiro atoms. The SMILES string of the molecule is COCC(=O)NCCn1nc(-c2cccnc2)cc1-c1cccs1. The van der Waals surface area contributed by atoms with E-state index in [4.69, 9.17) is 4.74 Å². The Labute approximate surface area is 144 Å². The Morgan fingerprint density at radius 2 is 2.29 bits per heavy atom. The van der Waals surface area contributed by atoms with Crippen LogP contribution in [0.2, 0.25) is 0 Å². The summed E-state index contributed by atoms with van der Waals surface area (Å²) in [6, 6.07) is 10.0. The van der Waals surface area contributed by atoms with Crippen LogP contribution >= 0.6 is 11.3 Å². The molecule has 0 saturated carbocycles. The zero-order valence-electron chi connectivity index (χ0n) is 13.3. The lowest BCUT2D eigenvalue weighted by Crippen LogP contribution is -2.30. The zero-order valence-corrected chi connectivity index (χ0v) is 14.1. The van der Waals surface area contributed by atoms with Gasteiger partial charge >= 0.3 is 0 Å². The van der Waals surface area contributed by atoms with Crippen LogP contribution in [0.3, 0.4) is 0 Å². The molecular weight excluding hydrogens is 324 g/mol. The fourth-order valence-corrected chi connectivity index (χ4v) is 3.09. The number of ether oxygens (including phenoxy) is 1. The fourth-order valence-electron chi connectivity index (χ4n) is 2.35. The molecule has 0 saturated heterocycles. The molecule has 7 heteroatoms. The van der Waals surface area contributed by atoms with E-state index in [1.54, 1.807) is 23.7 Å². The lowest BCUT2D eigenvalue weighted by Gasteiger charge is -2.07. The first-order valence-corrected chi connectivity index (χ1v) is 8.43. The summed E-state index contributed by atoms with van der Waals surface area (Å²) >= 11 is 1.66. The van der Waals surface area contributed by atoms with E-state index in [1.807, 2.05) is 28.3 Å². The van der Waals surface area contributed by atoms with E-state index >= 15 is 0 Å². The Balaban J connectivity index is 1.81. The normalized spacial score (nSPS) is 10.7. The van der Waals surface area contributed by atoms with Gasteiger partial charge < -0.3 is 10.1 Å². The van der Waals surface area contributed by atoms with Crippen LogP contribution < -0.4 is 5.32 Å². The number of thiophene rings is 1. The molecule has 0 aliphatic heterocycles. The highest BCUT2D eigenvalue weighted by Crippen LogP contribution is 2.28. The van der Waals surface area contributed by atoms with E-state index in [-0.39, 0.29) is 12.5 Å². The monoisotopic (exact) mass is 342 g/mol. The highest BCUT2D eigenvalue weighted by Gasteiger charge is 2.12. The number of rotatable bonds is 7. The predicted molar refractivity (Wildman–Crippen MR) is 93.7 cm³/mol. The Hall–Kier alpha value is -2.51. The van der Waals surface area contributed by atoms with Gasteiger partial charge in [-0.05, 0) is 29.6 Å². The summed E-state index contributed by atoms with van der Waals surface area (Å²) in [6.07, 6.45) is 3.54. The Kier molecular flexibility index (Phi) is 5.35. The van der Waals surface area contributed by atoms with Crippen molar-refractivity contribution in [1.82, 2.24) is 20.1 Å². The van der Waals surface area contributed by atoms with Crippen LogP contribution in [-0.2, 0) is 16.1 Å². The van der Waals surface area contributed by atoms with Crippen LogP contribution in [0, 0.1) is 0 Å². The number of nitrogens with one attached hydrogen (secondary N) is 1. The van der Waals surface area contributed by atoms with Crippen LogP contribution in [0.15, 0.2) is 48.1 Å². The highest BCUT2D eigenvalue weighted by atomic mass is 32.1. The minimum Gasteiger partial charge on any atom is -0.375 e. The molecule has 1 amide bonds. The number of hydrogen-bond donors (Lipinski definition) is 1. The van der Waals surface area contributed by atoms with Crippen molar-refractivity contribution in [2.45, 2.75) is 6.54 Å². The summed E-state index contributed by atoms with van der Waals surface area (Å²) in [5.74, 6) is -0.130. The summed E-state index contributed by atoms with van der Waals surface area (Å²) in [4.78, 5) is 16.8. The first kappa shape index (κ1) is 16.4. The largest absolute Gasteiger partial charge is 0.375 e. The molecule has 1 N–H and O–H groups in total. The van der Waals surface area contributed by atoms with Crippen LogP contribution in [0.1, 0.15) is 0 Å². The van der Waals surface area contributed by atoms with Gasteiger partial charge in [-0.1, -0.05) is 6.07 Å². The molecule has 3 heterocycles. The van der Waals surface area contributed by atoms with Crippen molar-refractivity contribution < 1.29 is 9.53 Å². The summed E-state index contributed by atoms with van der Waals surface area (Å²) in [6.45, 7) is 1.15. The number of amides is 1. The van der Waals surface area contributed by atoms with Crippen molar-refractivity contribution in [3.05, 3.63) is 48.1 Å². The molecule has 0 fully saturated rings. The van der Waals surface area contributed by atoms with Crippen molar-refractivity contribution >= 4 is 17.2 Å². The zero-order chi connectivity index (χ0) is 16.8. The molecular formula is C17H18N4O2S. The van der Waals surface area contributed by atoms with Gasteiger partial charge in [0.2, 0.25) is 5.91 Å². The lowest BCUT2D eigenvalue weighted by atomic mass is 10.2. The van der Waals surface area contributed by atoms with Gasteiger partial charge in [0.25, 0.3) is 0 Å². The Morgan fingerprint density at radius 3 is 3.00 bits per heavy atom. The molecule has 3 aromatic rings. The molecule has 0 aliphatic carbocycles. The quantitative estimate of drug-likeness (QED) is 0.716. The van der Waals surface area contributed by atoms with E-state index in [9.17, 15) is 4.79 Å². The molecule has 0 radical (unpaired) electrons. The van der Waals surface area contributed by atoms with E-state index in [1.165, 1.54) is 7.11 Å². The second-order valence-corrected chi connectivity index (χ2v) is 6.09. The van der Waals surface area contributed by atoms with Crippen LogP contribution in [0.5, 0.6) is 0 Å². The van der Waals surface area contributed by atoms with Crippen molar-refractivity contribution in [3.8, 4) is 21.8 Å². The molecule has 124 valence electrons. The summed E-state index contributed by atoms with van der Waals surface area (Å²) in [7, 11) is 1.50. The van der Waals surface area contributed by atoms with E-state index < -0.39 is 0 Å². The number of methoxy groups -OCH3 is 1. The van der Waals surface area contributed by atoms with Gasteiger partial charge in [-0.25, -0.2) is 0 Å². The van der Waals surface area contributed by atoms with Gasteiger partial charge in [-0.3, -0.25) is 14.5 Å². The van der Waals surface area contributed by atoms with Gasteiger partial charge in [-0.15, -0.1) is 11.3 Å². The third-order valence-electron chi connectivity index (χ3n) is 3.43. The molecule has 0 atom stereocenters. The smallest absolute Gasteiger partial charge is 0.246 e. The van der Waals surface area contributed by atoms with Crippen molar-refractivity contribution in [3.63, 3.8) is 0 Å². The van der Waals surface area contributed by atoms with Crippen molar-refractivity contribution in [1.29, 1.82) is 0 Å². The molecule has 3 rings (SSSR count). The number of aromatic nitrogens is 3. The molecule has 0 bridgehead atoms. The first-order chi connectivity index (χ1) is 11.8. The summed E-state index contributed by atoms with van der Waals surface area (Å²) in [5, 5.41) is 9.54. The average molecular weight is 342 g/mol. The second kappa shape index (κ2) is 7.85. The van der Waals surface area contributed by atoms with Crippen LogP contribution in [0.4, 0.5) is 0 Å². The van der Waals surface area contributed by atoms with Gasteiger partial charge in [0.05, 0.1) is 22.8 Å². The number of pyridine rings is 1. The molecule has 0 unspecified atom stereocenters. The third kappa shape index (κ3) is 3.87. The number of carbonyl (C=O) groups is 1. The minimum absolute atomic E-state index is 0.0673. The Bertz CT molecular complexity index is 784. The van der Waals surface area contributed by atoms with Gasteiger partial charge in [-0.2, -0.15) is 5.10 Å². The highest BCUT2D eigenvalue weighted by molar-refractivity contribution is 7.13. The second-order valence-electron chi connectivity index (χ2n) is 5.14. The number of nitrogens with zero attached hydrogens (tertiary/aromatic N) is 3. The van der Waals surface area contributed by atoms with Crippen LogP contribution in [-0.4, -0.2) is 40.9 Å². The summed E-state index contributed by atoms with van der Waals surface area (Å²) < 4.78 is 6.73.